The number of piperidine rings is 1. The minimum absolute atomic E-state index is 0.0387. The van der Waals surface area contributed by atoms with Gasteiger partial charge in [0.05, 0.1) is 12.2 Å². The van der Waals surface area contributed by atoms with Gasteiger partial charge in [0.15, 0.2) is 0 Å². The number of aromatic nitrogens is 2. The van der Waals surface area contributed by atoms with Crippen LogP contribution in [0.15, 0.2) is 30.6 Å². The van der Waals surface area contributed by atoms with Crippen LogP contribution in [0.3, 0.4) is 0 Å². The number of likely N-dealkylation sites (tertiary alicyclic amines) is 1. The Balaban J connectivity index is 1.37. The van der Waals surface area contributed by atoms with Crippen molar-refractivity contribution >= 4 is 11.7 Å². The smallest absolute Gasteiger partial charge is 0.272 e. The average Bonchev–Trinajstić information content (AvgIpc) is 2.79. The normalized spacial score (nSPS) is 22.4. The molecule has 2 aliphatic rings. The lowest BCUT2D eigenvalue weighted by atomic mass is 9.97. The fraction of sp³-hybridized carbons (Fsp3) is 0.542. The number of nitrogens with zero attached hydrogens (tertiary/aromatic N) is 3. The number of ether oxygens (including phenoxy) is 1. The highest BCUT2D eigenvalue weighted by Gasteiger charge is 2.26. The van der Waals surface area contributed by atoms with Crippen LogP contribution in [0.2, 0.25) is 0 Å². The summed E-state index contributed by atoms with van der Waals surface area (Å²) in [7, 11) is 0. The molecule has 3 N–H and O–H groups in total. The molecule has 4 rings (SSSR count). The lowest BCUT2D eigenvalue weighted by Crippen LogP contribution is -2.43. The molecule has 31 heavy (non-hydrogen) atoms. The molecule has 2 fully saturated rings. The standard InChI is InChI=1S/C24H33N5O2/c1-16-6-8-18(9-7-16)21-5-3-4-20(31-21)14-26-23-17(2)22(27-15-28-23)24(30)29-12-10-19(25)11-13-29/h6-9,15,19-21H,3-5,10-14,25H2,1-2H3,(H,26,27,28)/t20-,21+/m1/s1. The first kappa shape index (κ1) is 21.7. The molecule has 0 unspecified atom stereocenters. The maximum Gasteiger partial charge on any atom is 0.272 e. The van der Waals surface area contributed by atoms with Crippen LogP contribution in [0.1, 0.15) is 65.4 Å². The molecule has 2 saturated heterocycles. The fourth-order valence-electron chi connectivity index (χ4n) is 4.38. The third-order valence-electron chi connectivity index (χ3n) is 6.41. The van der Waals surface area contributed by atoms with Crippen molar-refractivity contribution in [2.75, 3.05) is 25.0 Å². The van der Waals surface area contributed by atoms with Gasteiger partial charge < -0.3 is 20.7 Å². The van der Waals surface area contributed by atoms with E-state index in [4.69, 9.17) is 10.5 Å². The topological polar surface area (TPSA) is 93.4 Å². The number of nitrogens with one attached hydrogen (secondary N) is 1. The molecule has 7 nitrogen and oxygen atoms in total. The minimum atomic E-state index is -0.0387. The minimum Gasteiger partial charge on any atom is -0.368 e. The molecule has 2 aromatic rings. The molecule has 0 aliphatic carbocycles. The summed E-state index contributed by atoms with van der Waals surface area (Å²) in [5, 5.41) is 3.40. The summed E-state index contributed by atoms with van der Waals surface area (Å²) in [5.41, 5.74) is 9.72. The quantitative estimate of drug-likeness (QED) is 0.766. The van der Waals surface area contributed by atoms with E-state index in [1.54, 1.807) is 0 Å². The van der Waals surface area contributed by atoms with Gasteiger partial charge >= 0.3 is 0 Å². The molecule has 0 saturated carbocycles. The van der Waals surface area contributed by atoms with Crippen LogP contribution in [0, 0.1) is 13.8 Å². The molecule has 1 aromatic carbocycles. The zero-order valence-corrected chi connectivity index (χ0v) is 18.5. The Morgan fingerprint density at radius 2 is 1.87 bits per heavy atom. The zero-order valence-electron chi connectivity index (χ0n) is 18.5. The van der Waals surface area contributed by atoms with Crippen molar-refractivity contribution in [3.63, 3.8) is 0 Å². The van der Waals surface area contributed by atoms with E-state index >= 15 is 0 Å². The third kappa shape index (κ3) is 5.22. The van der Waals surface area contributed by atoms with Crippen molar-refractivity contribution < 1.29 is 9.53 Å². The second-order valence-corrected chi connectivity index (χ2v) is 8.79. The molecular formula is C24H33N5O2. The van der Waals surface area contributed by atoms with E-state index in [9.17, 15) is 4.79 Å². The summed E-state index contributed by atoms with van der Waals surface area (Å²) in [5.74, 6) is 0.663. The first-order valence-corrected chi connectivity index (χ1v) is 11.3. The Labute approximate surface area is 184 Å². The van der Waals surface area contributed by atoms with Crippen molar-refractivity contribution in [2.24, 2.45) is 5.73 Å². The number of amides is 1. The molecule has 3 heterocycles. The summed E-state index contributed by atoms with van der Waals surface area (Å²) < 4.78 is 6.36. The highest BCUT2D eigenvalue weighted by Crippen LogP contribution is 2.31. The lowest BCUT2D eigenvalue weighted by molar-refractivity contribution is -0.0442. The highest BCUT2D eigenvalue weighted by atomic mass is 16.5. The van der Waals surface area contributed by atoms with Gasteiger partial charge in [-0.1, -0.05) is 29.8 Å². The molecule has 0 radical (unpaired) electrons. The Morgan fingerprint density at radius 1 is 1.13 bits per heavy atom. The van der Waals surface area contributed by atoms with Crippen LogP contribution < -0.4 is 11.1 Å². The van der Waals surface area contributed by atoms with Crippen molar-refractivity contribution in [3.8, 4) is 0 Å². The van der Waals surface area contributed by atoms with Gasteiger partial charge in [0, 0.05) is 31.2 Å². The van der Waals surface area contributed by atoms with Crippen LogP contribution in [-0.2, 0) is 4.74 Å². The van der Waals surface area contributed by atoms with E-state index < -0.39 is 0 Å². The van der Waals surface area contributed by atoms with Crippen molar-refractivity contribution in [3.05, 3.63) is 53.0 Å². The van der Waals surface area contributed by atoms with Gasteiger partial charge in [-0.25, -0.2) is 9.97 Å². The van der Waals surface area contributed by atoms with Gasteiger partial charge in [-0.3, -0.25) is 4.79 Å². The monoisotopic (exact) mass is 423 g/mol. The predicted molar refractivity (Wildman–Crippen MR) is 121 cm³/mol. The fourth-order valence-corrected chi connectivity index (χ4v) is 4.38. The molecule has 0 spiro atoms. The Hall–Kier alpha value is -2.51. The van der Waals surface area contributed by atoms with Crippen LogP contribution in [0.5, 0.6) is 0 Å². The molecule has 0 bridgehead atoms. The van der Waals surface area contributed by atoms with E-state index in [2.05, 4.69) is 46.5 Å². The predicted octanol–water partition coefficient (Wildman–Crippen LogP) is 3.38. The van der Waals surface area contributed by atoms with Gasteiger partial charge in [0.2, 0.25) is 0 Å². The Bertz CT molecular complexity index is 893. The van der Waals surface area contributed by atoms with Gasteiger partial charge in [0.1, 0.15) is 17.8 Å². The van der Waals surface area contributed by atoms with E-state index in [-0.39, 0.29) is 24.2 Å². The molecule has 2 atom stereocenters. The summed E-state index contributed by atoms with van der Waals surface area (Å²) in [6.07, 6.45) is 6.57. The summed E-state index contributed by atoms with van der Waals surface area (Å²) in [6.45, 7) is 6.03. The van der Waals surface area contributed by atoms with E-state index in [0.717, 1.165) is 37.7 Å². The van der Waals surface area contributed by atoms with E-state index in [1.807, 2.05) is 11.8 Å². The zero-order chi connectivity index (χ0) is 21.8. The van der Waals surface area contributed by atoms with Gasteiger partial charge in [-0.15, -0.1) is 0 Å². The summed E-state index contributed by atoms with van der Waals surface area (Å²) >= 11 is 0. The Kier molecular flexibility index (Phi) is 6.83. The summed E-state index contributed by atoms with van der Waals surface area (Å²) in [6, 6.07) is 8.79. The number of nitrogens with two attached hydrogens (primary N) is 1. The maximum atomic E-state index is 13.0. The number of carbonyl (C=O) groups excluding carboxylic acids is 1. The largest absolute Gasteiger partial charge is 0.368 e. The molecule has 166 valence electrons. The van der Waals surface area contributed by atoms with Crippen molar-refractivity contribution in [2.45, 2.75) is 64.2 Å². The third-order valence-corrected chi connectivity index (χ3v) is 6.41. The van der Waals surface area contributed by atoms with Crippen LogP contribution in [0.25, 0.3) is 0 Å². The molecule has 7 heteroatoms. The lowest BCUT2D eigenvalue weighted by Gasteiger charge is -2.31. The number of aryl methyl sites for hydroxylation is 1. The van der Waals surface area contributed by atoms with Crippen LogP contribution >= 0.6 is 0 Å². The van der Waals surface area contributed by atoms with Gasteiger partial charge in [-0.2, -0.15) is 0 Å². The molecular weight excluding hydrogens is 390 g/mol. The first-order valence-electron chi connectivity index (χ1n) is 11.3. The number of benzene rings is 1. The number of rotatable bonds is 5. The van der Waals surface area contributed by atoms with Crippen molar-refractivity contribution in [1.82, 2.24) is 14.9 Å². The molecule has 1 amide bonds. The average molecular weight is 424 g/mol. The maximum absolute atomic E-state index is 13.0. The molecule has 1 aromatic heterocycles. The van der Waals surface area contributed by atoms with Crippen LogP contribution in [-0.4, -0.2) is 52.6 Å². The Morgan fingerprint density at radius 3 is 2.61 bits per heavy atom. The van der Waals surface area contributed by atoms with E-state index in [0.29, 0.717) is 31.1 Å². The first-order chi connectivity index (χ1) is 15.0. The second kappa shape index (κ2) is 9.75. The van der Waals surface area contributed by atoms with Crippen LogP contribution in [0.4, 0.5) is 5.82 Å². The number of hydrogen-bond acceptors (Lipinski definition) is 6. The van der Waals surface area contributed by atoms with Gasteiger partial charge in [-0.05, 0) is 51.5 Å². The SMILES string of the molecule is Cc1ccc([C@@H]2CCC[C@H](CNc3ncnc(C(=O)N4CCC(N)CC4)c3C)O2)cc1. The number of anilines is 1. The van der Waals surface area contributed by atoms with Crippen molar-refractivity contribution in [1.29, 1.82) is 0 Å². The number of carbonyl (C=O) groups is 1. The molecule has 2 aliphatic heterocycles. The van der Waals surface area contributed by atoms with Gasteiger partial charge in [0.25, 0.3) is 5.91 Å². The van der Waals surface area contributed by atoms with E-state index in [1.165, 1.54) is 17.5 Å². The summed E-state index contributed by atoms with van der Waals surface area (Å²) in [4.78, 5) is 23.5. The second-order valence-electron chi connectivity index (χ2n) is 8.79. The highest BCUT2D eigenvalue weighted by molar-refractivity contribution is 5.94. The number of hydrogen-bond donors (Lipinski definition) is 2.